The minimum atomic E-state index is -3.47. The lowest BCUT2D eigenvalue weighted by molar-refractivity contribution is 0.279. The standard InChI is InChI=1S/C15H23BrN2O2S/c1-4-15(5-2)6-7-18(10-15)21(19,20)14-9-13(17)12(16)8-11(14)3/h8-9H,4-7,10,17H2,1-3H3. The van der Waals surface area contributed by atoms with Gasteiger partial charge in [0.25, 0.3) is 0 Å². The van der Waals surface area contributed by atoms with Crippen LogP contribution in [0.1, 0.15) is 38.7 Å². The quantitative estimate of drug-likeness (QED) is 0.819. The van der Waals surface area contributed by atoms with Gasteiger partial charge in [-0.05, 0) is 65.2 Å². The number of nitrogens with zero attached hydrogens (tertiary/aromatic N) is 1. The Labute approximate surface area is 135 Å². The Balaban J connectivity index is 2.38. The molecule has 4 nitrogen and oxygen atoms in total. The predicted molar refractivity (Wildman–Crippen MR) is 89.7 cm³/mol. The lowest BCUT2D eigenvalue weighted by Gasteiger charge is -2.26. The van der Waals surface area contributed by atoms with Crippen LogP contribution in [-0.2, 0) is 10.0 Å². The van der Waals surface area contributed by atoms with E-state index in [1.807, 2.05) is 0 Å². The Kier molecular flexibility index (Phi) is 4.71. The molecule has 1 aromatic carbocycles. The van der Waals surface area contributed by atoms with Crippen molar-refractivity contribution in [1.29, 1.82) is 0 Å². The van der Waals surface area contributed by atoms with Crippen LogP contribution in [0.4, 0.5) is 5.69 Å². The molecule has 0 atom stereocenters. The fourth-order valence-electron chi connectivity index (χ4n) is 3.01. The number of hydrogen-bond donors (Lipinski definition) is 1. The third-order valence-electron chi connectivity index (χ3n) is 4.82. The van der Waals surface area contributed by atoms with Crippen molar-refractivity contribution in [2.24, 2.45) is 5.41 Å². The molecule has 0 bridgehead atoms. The minimum Gasteiger partial charge on any atom is -0.398 e. The second-order valence-corrected chi connectivity index (χ2v) is 8.70. The van der Waals surface area contributed by atoms with Crippen LogP contribution in [0.25, 0.3) is 0 Å². The van der Waals surface area contributed by atoms with E-state index in [1.165, 1.54) is 0 Å². The summed E-state index contributed by atoms with van der Waals surface area (Å²) >= 11 is 3.34. The van der Waals surface area contributed by atoms with Crippen LogP contribution < -0.4 is 5.73 Å². The predicted octanol–water partition coefficient (Wildman–Crippen LogP) is 3.54. The molecule has 1 aliphatic heterocycles. The van der Waals surface area contributed by atoms with Gasteiger partial charge in [0.1, 0.15) is 0 Å². The first-order chi connectivity index (χ1) is 9.75. The molecule has 1 heterocycles. The molecular weight excluding hydrogens is 352 g/mol. The number of nitrogen functional groups attached to an aromatic ring is 1. The third kappa shape index (κ3) is 2.98. The summed E-state index contributed by atoms with van der Waals surface area (Å²) in [4.78, 5) is 0.325. The fraction of sp³-hybridized carbons (Fsp3) is 0.600. The zero-order valence-corrected chi connectivity index (χ0v) is 15.2. The van der Waals surface area contributed by atoms with E-state index in [0.29, 0.717) is 23.7 Å². The Morgan fingerprint density at radius 3 is 2.48 bits per heavy atom. The molecule has 1 fully saturated rings. The molecule has 0 amide bonds. The number of anilines is 1. The van der Waals surface area contributed by atoms with Gasteiger partial charge < -0.3 is 5.73 Å². The van der Waals surface area contributed by atoms with E-state index in [0.717, 1.165) is 29.3 Å². The number of aryl methyl sites for hydroxylation is 1. The van der Waals surface area contributed by atoms with Gasteiger partial charge >= 0.3 is 0 Å². The second kappa shape index (κ2) is 5.89. The van der Waals surface area contributed by atoms with Crippen LogP contribution in [0.15, 0.2) is 21.5 Å². The normalized spacial score (nSPS) is 19.0. The van der Waals surface area contributed by atoms with Gasteiger partial charge in [-0.1, -0.05) is 13.8 Å². The summed E-state index contributed by atoms with van der Waals surface area (Å²) < 4.78 is 28.1. The van der Waals surface area contributed by atoms with E-state index in [1.54, 1.807) is 23.4 Å². The topological polar surface area (TPSA) is 63.4 Å². The molecule has 0 spiro atoms. The first-order valence-electron chi connectivity index (χ1n) is 7.31. The molecule has 21 heavy (non-hydrogen) atoms. The van der Waals surface area contributed by atoms with Crippen molar-refractivity contribution >= 4 is 31.6 Å². The highest BCUT2D eigenvalue weighted by Crippen LogP contribution is 2.40. The summed E-state index contributed by atoms with van der Waals surface area (Å²) in [6.07, 6.45) is 2.96. The van der Waals surface area contributed by atoms with Crippen LogP contribution in [0.3, 0.4) is 0 Å². The van der Waals surface area contributed by atoms with E-state index in [2.05, 4.69) is 29.8 Å². The van der Waals surface area contributed by atoms with Crippen LogP contribution in [0.5, 0.6) is 0 Å². The van der Waals surface area contributed by atoms with E-state index in [-0.39, 0.29) is 5.41 Å². The largest absolute Gasteiger partial charge is 0.398 e. The molecule has 1 aromatic rings. The molecule has 2 rings (SSSR count). The summed E-state index contributed by atoms with van der Waals surface area (Å²) in [5.41, 5.74) is 7.17. The lowest BCUT2D eigenvalue weighted by Crippen LogP contribution is -2.32. The van der Waals surface area contributed by atoms with Crippen molar-refractivity contribution in [3.05, 3.63) is 22.2 Å². The number of nitrogens with two attached hydrogens (primary N) is 1. The molecule has 0 unspecified atom stereocenters. The van der Waals surface area contributed by atoms with Crippen molar-refractivity contribution in [2.45, 2.75) is 44.9 Å². The number of hydrogen-bond acceptors (Lipinski definition) is 3. The average molecular weight is 375 g/mol. The molecular formula is C15H23BrN2O2S. The van der Waals surface area contributed by atoms with E-state index in [9.17, 15) is 8.42 Å². The average Bonchev–Trinajstić information content (AvgIpc) is 2.88. The van der Waals surface area contributed by atoms with Crippen molar-refractivity contribution in [3.8, 4) is 0 Å². The summed E-state index contributed by atoms with van der Waals surface area (Å²) in [6, 6.07) is 3.33. The number of benzene rings is 1. The Morgan fingerprint density at radius 2 is 1.95 bits per heavy atom. The molecule has 0 aliphatic carbocycles. The first kappa shape index (κ1) is 16.8. The van der Waals surface area contributed by atoms with Gasteiger partial charge in [0, 0.05) is 23.2 Å². The van der Waals surface area contributed by atoms with Gasteiger partial charge in [0.05, 0.1) is 4.90 Å². The van der Waals surface area contributed by atoms with Gasteiger partial charge in [-0.3, -0.25) is 0 Å². The van der Waals surface area contributed by atoms with Crippen LogP contribution in [-0.4, -0.2) is 25.8 Å². The monoisotopic (exact) mass is 374 g/mol. The van der Waals surface area contributed by atoms with Gasteiger partial charge in [-0.25, -0.2) is 8.42 Å². The third-order valence-corrected chi connectivity index (χ3v) is 7.49. The van der Waals surface area contributed by atoms with Gasteiger partial charge in [0.2, 0.25) is 10.0 Å². The maximum absolute atomic E-state index is 12.9. The maximum Gasteiger partial charge on any atom is 0.243 e. The van der Waals surface area contributed by atoms with Gasteiger partial charge in [-0.15, -0.1) is 0 Å². The smallest absolute Gasteiger partial charge is 0.243 e. The van der Waals surface area contributed by atoms with Crippen molar-refractivity contribution in [3.63, 3.8) is 0 Å². The number of rotatable bonds is 4. The van der Waals surface area contributed by atoms with E-state index in [4.69, 9.17) is 5.73 Å². The molecule has 0 radical (unpaired) electrons. The first-order valence-corrected chi connectivity index (χ1v) is 9.55. The summed E-state index contributed by atoms with van der Waals surface area (Å²) in [7, 11) is -3.47. The number of halogens is 1. The highest BCUT2D eigenvalue weighted by Gasteiger charge is 2.41. The zero-order chi connectivity index (χ0) is 15.8. The summed E-state index contributed by atoms with van der Waals surface area (Å²) in [5.74, 6) is 0. The van der Waals surface area contributed by atoms with Crippen molar-refractivity contribution in [1.82, 2.24) is 4.31 Å². The molecule has 1 aliphatic rings. The van der Waals surface area contributed by atoms with Gasteiger partial charge in [-0.2, -0.15) is 4.31 Å². The molecule has 6 heteroatoms. The highest BCUT2D eigenvalue weighted by atomic mass is 79.9. The van der Waals surface area contributed by atoms with Crippen LogP contribution in [0, 0.1) is 12.3 Å². The molecule has 1 saturated heterocycles. The van der Waals surface area contributed by atoms with E-state index < -0.39 is 10.0 Å². The molecule has 0 saturated carbocycles. The lowest BCUT2D eigenvalue weighted by atomic mass is 9.82. The minimum absolute atomic E-state index is 0.127. The fourth-order valence-corrected chi connectivity index (χ4v) is 5.27. The molecule has 0 aromatic heterocycles. The summed E-state index contributed by atoms with van der Waals surface area (Å²) in [5, 5.41) is 0. The Morgan fingerprint density at radius 1 is 1.33 bits per heavy atom. The van der Waals surface area contributed by atoms with Crippen molar-refractivity contribution < 1.29 is 8.42 Å². The molecule has 118 valence electrons. The zero-order valence-electron chi connectivity index (χ0n) is 12.8. The SMILES string of the molecule is CCC1(CC)CCN(S(=O)(=O)c2cc(N)c(Br)cc2C)C1. The number of sulfonamides is 1. The van der Waals surface area contributed by atoms with Crippen LogP contribution in [0.2, 0.25) is 0 Å². The van der Waals surface area contributed by atoms with Crippen LogP contribution >= 0.6 is 15.9 Å². The summed E-state index contributed by atoms with van der Waals surface area (Å²) in [6.45, 7) is 7.29. The van der Waals surface area contributed by atoms with Crippen molar-refractivity contribution in [2.75, 3.05) is 18.8 Å². The van der Waals surface area contributed by atoms with Gasteiger partial charge in [0.15, 0.2) is 0 Å². The van der Waals surface area contributed by atoms with E-state index >= 15 is 0 Å². The Hall–Kier alpha value is -0.590. The highest BCUT2D eigenvalue weighted by molar-refractivity contribution is 9.10. The molecule has 2 N–H and O–H groups in total. The second-order valence-electron chi connectivity index (χ2n) is 5.93. The maximum atomic E-state index is 12.9. The Bertz CT molecular complexity index is 639.